The van der Waals surface area contributed by atoms with Crippen LogP contribution in [0.3, 0.4) is 0 Å². The highest BCUT2D eigenvalue weighted by Gasteiger charge is 2.64. The molecule has 5 heteroatoms. The molecule has 2 aliphatic heterocycles. The monoisotopic (exact) mass is 445 g/mol. The lowest BCUT2D eigenvalue weighted by Crippen LogP contribution is -2.63. The molecule has 0 N–H and O–H groups in total. The minimum Gasteiger partial charge on any atom is -0.460 e. The lowest BCUT2D eigenvalue weighted by Gasteiger charge is -2.50. The molecular formula is C28H31NO4. The molecule has 0 aliphatic carbocycles. The molecule has 2 fully saturated rings. The highest BCUT2D eigenvalue weighted by molar-refractivity contribution is 6.04. The fourth-order valence-corrected chi connectivity index (χ4v) is 5.40. The van der Waals surface area contributed by atoms with Crippen LogP contribution in [0.15, 0.2) is 86.0 Å². The summed E-state index contributed by atoms with van der Waals surface area (Å²) in [7, 11) is 0. The van der Waals surface area contributed by atoms with Crippen molar-refractivity contribution in [3.05, 3.63) is 97.1 Å². The van der Waals surface area contributed by atoms with Crippen LogP contribution in [-0.4, -0.2) is 29.6 Å². The van der Waals surface area contributed by atoms with Gasteiger partial charge in [0, 0.05) is 11.8 Å². The van der Waals surface area contributed by atoms with E-state index < -0.39 is 23.5 Å². The van der Waals surface area contributed by atoms with Crippen molar-refractivity contribution in [2.75, 3.05) is 6.61 Å². The number of piperidine rings is 1. The topological polar surface area (TPSA) is 55.8 Å². The van der Waals surface area contributed by atoms with Gasteiger partial charge < -0.3 is 14.4 Å². The number of carbonyl (C=O) groups excluding carboxylic acids is 2. The molecule has 0 radical (unpaired) electrons. The van der Waals surface area contributed by atoms with Gasteiger partial charge in [0.15, 0.2) is 5.41 Å². The largest absolute Gasteiger partial charge is 0.460 e. The van der Waals surface area contributed by atoms with E-state index in [0.717, 1.165) is 17.5 Å². The normalized spacial score (nSPS) is 28.8. The molecule has 0 saturated carbocycles. The second kappa shape index (κ2) is 9.75. The highest BCUT2D eigenvalue weighted by Crippen LogP contribution is 2.52. The summed E-state index contributed by atoms with van der Waals surface area (Å²) in [4.78, 5) is 29.8. The maximum Gasteiger partial charge on any atom is 0.322 e. The van der Waals surface area contributed by atoms with Crippen molar-refractivity contribution in [2.45, 2.75) is 38.6 Å². The number of ether oxygens (including phenoxy) is 2. The minimum atomic E-state index is -1.42. The van der Waals surface area contributed by atoms with E-state index in [1.807, 2.05) is 60.7 Å². The number of hydrogen-bond donors (Lipinski definition) is 0. The van der Waals surface area contributed by atoms with Crippen LogP contribution in [0.25, 0.3) is 0 Å². The third-order valence-electron chi connectivity index (χ3n) is 7.00. The molecule has 0 unspecified atom stereocenters. The SMILES string of the molecule is C=CC[C@]1(C(=O)OCc2ccccc2)C(=O)N2[C@H](OC[C@H]2c2ccccc2)[C@@H](CC)[C@H]1C=C. The molecule has 4 rings (SSSR count). The van der Waals surface area contributed by atoms with Crippen molar-refractivity contribution in [3.8, 4) is 0 Å². The Labute approximate surface area is 195 Å². The van der Waals surface area contributed by atoms with Gasteiger partial charge in [0.05, 0.1) is 12.6 Å². The molecule has 2 aromatic rings. The van der Waals surface area contributed by atoms with Crippen molar-refractivity contribution in [3.63, 3.8) is 0 Å². The zero-order valence-electron chi connectivity index (χ0n) is 19.1. The van der Waals surface area contributed by atoms with Gasteiger partial charge in [-0.15, -0.1) is 13.2 Å². The number of rotatable bonds is 8. The maximum atomic E-state index is 14.2. The van der Waals surface area contributed by atoms with Crippen LogP contribution in [0.5, 0.6) is 0 Å². The van der Waals surface area contributed by atoms with Crippen LogP contribution in [-0.2, 0) is 25.7 Å². The number of carbonyl (C=O) groups is 2. The van der Waals surface area contributed by atoms with E-state index in [2.05, 4.69) is 20.1 Å². The number of esters is 1. The van der Waals surface area contributed by atoms with E-state index in [1.165, 1.54) is 0 Å². The zero-order chi connectivity index (χ0) is 23.4. The molecular weight excluding hydrogens is 414 g/mol. The van der Waals surface area contributed by atoms with Gasteiger partial charge in [-0.2, -0.15) is 0 Å². The molecule has 0 bridgehead atoms. The first kappa shape index (κ1) is 23.0. The summed E-state index contributed by atoms with van der Waals surface area (Å²) in [6.45, 7) is 10.4. The van der Waals surface area contributed by atoms with Crippen molar-refractivity contribution < 1.29 is 19.1 Å². The van der Waals surface area contributed by atoms with Crippen molar-refractivity contribution >= 4 is 11.9 Å². The van der Waals surface area contributed by atoms with E-state index in [4.69, 9.17) is 9.47 Å². The number of nitrogens with zero attached hydrogens (tertiary/aromatic N) is 1. The summed E-state index contributed by atoms with van der Waals surface area (Å²) in [5.74, 6) is -1.31. The first-order valence-electron chi connectivity index (χ1n) is 11.5. The zero-order valence-corrected chi connectivity index (χ0v) is 19.1. The Hall–Kier alpha value is -3.18. The summed E-state index contributed by atoms with van der Waals surface area (Å²) in [6.07, 6.45) is 3.88. The number of amides is 1. The maximum absolute atomic E-state index is 14.2. The van der Waals surface area contributed by atoms with Gasteiger partial charge in [-0.25, -0.2) is 0 Å². The Balaban J connectivity index is 1.74. The van der Waals surface area contributed by atoms with Gasteiger partial charge in [-0.05, 0) is 24.0 Å². The molecule has 0 spiro atoms. The molecule has 2 aromatic carbocycles. The molecule has 5 atom stereocenters. The van der Waals surface area contributed by atoms with Gasteiger partial charge in [-0.1, -0.05) is 79.7 Å². The van der Waals surface area contributed by atoms with Crippen molar-refractivity contribution in [2.24, 2.45) is 17.3 Å². The fourth-order valence-electron chi connectivity index (χ4n) is 5.40. The average Bonchev–Trinajstić information content (AvgIpc) is 3.30. The summed E-state index contributed by atoms with van der Waals surface area (Å²) >= 11 is 0. The first-order valence-corrected chi connectivity index (χ1v) is 11.5. The minimum absolute atomic E-state index is 0.0851. The lowest BCUT2D eigenvalue weighted by molar-refractivity contribution is -0.188. The molecule has 0 aromatic heterocycles. The number of hydrogen-bond acceptors (Lipinski definition) is 4. The molecule has 2 heterocycles. The number of allylic oxidation sites excluding steroid dienone is 2. The van der Waals surface area contributed by atoms with E-state index in [0.29, 0.717) is 6.61 Å². The van der Waals surface area contributed by atoms with E-state index in [1.54, 1.807) is 17.1 Å². The van der Waals surface area contributed by atoms with Gasteiger partial charge in [0.25, 0.3) is 0 Å². The van der Waals surface area contributed by atoms with Crippen molar-refractivity contribution in [1.82, 2.24) is 4.90 Å². The third-order valence-corrected chi connectivity index (χ3v) is 7.00. The Morgan fingerprint density at radius 1 is 1.15 bits per heavy atom. The Morgan fingerprint density at radius 2 is 1.82 bits per heavy atom. The van der Waals surface area contributed by atoms with Crippen LogP contribution in [0, 0.1) is 17.3 Å². The summed E-state index contributed by atoms with van der Waals surface area (Å²) < 4.78 is 12.0. The second-order valence-corrected chi connectivity index (χ2v) is 8.72. The van der Waals surface area contributed by atoms with Crippen LogP contribution in [0.1, 0.15) is 36.9 Å². The van der Waals surface area contributed by atoms with Gasteiger partial charge in [-0.3, -0.25) is 9.59 Å². The van der Waals surface area contributed by atoms with Crippen LogP contribution >= 0.6 is 0 Å². The van der Waals surface area contributed by atoms with Gasteiger partial charge >= 0.3 is 5.97 Å². The Bertz CT molecular complexity index is 1010. The summed E-state index contributed by atoms with van der Waals surface area (Å²) in [6, 6.07) is 19.1. The Kier molecular flexibility index (Phi) is 6.80. The standard InChI is InChI=1S/C28H31NO4/c1-4-17-28(27(31)33-18-20-13-9-7-10-14-20)23(6-3)22(5-2)25-29(26(28)30)24(19-32-25)21-15-11-8-12-16-21/h4,6-16,22-25H,1,3,5,17-19H2,2H3/t22-,23+,24-,25+,28+/m0/s1. The van der Waals surface area contributed by atoms with E-state index >= 15 is 0 Å². The van der Waals surface area contributed by atoms with Gasteiger partial charge in [0.2, 0.25) is 5.91 Å². The molecule has 172 valence electrons. The van der Waals surface area contributed by atoms with E-state index in [-0.39, 0.29) is 30.9 Å². The van der Waals surface area contributed by atoms with Crippen LogP contribution in [0.2, 0.25) is 0 Å². The molecule has 33 heavy (non-hydrogen) atoms. The van der Waals surface area contributed by atoms with Gasteiger partial charge in [0.1, 0.15) is 12.8 Å². The van der Waals surface area contributed by atoms with E-state index in [9.17, 15) is 9.59 Å². The van der Waals surface area contributed by atoms with Crippen LogP contribution in [0.4, 0.5) is 0 Å². The Morgan fingerprint density at radius 3 is 2.42 bits per heavy atom. The smallest absolute Gasteiger partial charge is 0.322 e. The molecule has 1 amide bonds. The molecule has 2 saturated heterocycles. The van der Waals surface area contributed by atoms with Crippen LogP contribution < -0.4 is 0 Å². The number of benzene rings is 2. The predicted molar refractivity (Wildman–Crippen MR) is 127 cm³/mol. The average molecular weight is 446 g/mol. The highest BCUT2D eigenvalue weighted by atomic mass is 16.5. The molecule has 2 aliphatic rings. The third kappa shape index (κ3) is 3.91. The second-order valence-electron chi connectivity index (χ2n) is 8.72. The molecule has 5 nitrogen and oxygen atoms in total. The van der Waals surface area contributed by atoms with Crippen molar-refractivity contribution in [1.29, 1.82) is 0 Å². The quantitative estimate of drug-likeness (QED) is 0.324. The summed E-state index contributed by atoms with van der Waals surface area (Å²) in [5.41, 5.74) is 0.441. The lowest BCUT2D eigenvalue weighted by atomic mass is 9.62. The summed E-state index contributed by atoms with van der Waals surface area (Å²) in [5, 5.41) is 0. The number of fused-ring (bicyclic) bond motifs is 1. The predicted octanol–water partition coefficient (Wildman–Crippen LogP) is 5.06. The first-order chi connectivity index (χ1) is 16.1. The fraction of sp³-hybridized carbons (Fsp3) is 0.357.